The minimum Gasteiger partial charge on any atom is -0.468 e. The number of methoxy groups -OCH3 is 1. The number of carbonyl (C=O) groups excluding carboxylic acids is 4. The quantitative estimate of drug-likeness (QED) is 0.415. The fourth-order valence-electron chi connectivity index (χ4n) is 2.92. The van der Waals surface area contributed by atoms with E-state index in [-0.39, 0.29) is 36.9 Å². The first-order valence-electron chi connectivity index (χ1n) is 10.1. The van der Waals surface area contributed by atoms with Gasteiger partial charge >= 0.3 is 24.1 Å². The lowest BCUT2D eigenvalue weighted by atomic mass is 9.86. The number of carbonyl (C=O) groups is 4. The minimum absolute atomic E-state index is 0.000947. The molecule has 0 amide bonds. The lowest BCUT2D eigenvalue weighted by Crippen LogP contribution is -2.53. The summed E-state index contributed by atoms with van der Waals surface area (Å²) in [4.78, 5) is 47.0. The van der Waals surface area contributed by atoms with E-state index in [4.69, 9.17) is 29.4 Å². The highest BCUT2D eigenvalue weighted by Crippen LogP contribution is 2.31. The predicted octanol–water partition coefficient (Wildman–Crippen LogP) is 2.54. The summed E-state index contributed by atoms with van der Waals surface area (Å²) >= 11 is 0. The number of rotatable bonds is 10. The van der Waals surface area contributed by atoms with Crippen molar-refractivity contribution in [1.82, 2.24) is 0 Å². The van der Waals surface area contributed by atoms with E-state index in [1.807, 2.05) is 13.8 Å². The van der Waals surface area contributed by atoms with Crippen LogP contribution in [-0.4, -0.2) is 49.4 Å². The standard InChI is InChI=1S/C22H31NO9/c1-13(2)12-29-21(27)30-14(3)10-22(23,20(26)28-6)11-17-7-8-18(31-15(4)24)19(9-17)32-16(5)25/h7-9,13-14H,10-12,23H2,1-6H3/t14-,22?/m0/s1. The van der Waals surface area contributed by atoms with Crippen molar-refractivity contribution < 1.29 is 42.9 Å². The van der Waals surface area contributed by atoms with Crippen LogP contribution in [0.15, 0.2) is 18.2 Å². The van der Waals surface area contributed by atoms with Crippen molar-refractivity contribution in [3.8, 4) is 11.5 Å². The first-order chi connectivity index (χ1) is 14.9. The van der Waals surface area contributed by atoms with Crippen molar-refractivity contribution in [2.45, 2.75) is 59.1 Å². The summed E-state index contributed by atoms with van der Waals surface area (Å²) < 4.78 is 25.2. The van der Waals surface area contributed by atoms with E-state index >= 15 is 0 Å². The molecule has 0 aliphatic carbocycles. The third-order valence-electron chi connectivity index (χ3n) is 4.11. The number of hydrogen-bond acceptors (Lipinski definition) is 10. The molecule has 0 aromatic heterocycles. The maximum atomic E-state index is 12.5. The van der Waals surface area contributed by atoms with Gasteiger partial charge in [0.25, 0.3) is 0 Å². The second kappa shape index (κ2) is 12.0. The Morgan fingerprint density at radius 2 is 1.59 bits per heavy atom. The van der Waals surface area contributed by atoms with Gasteiger partial charge < -0.3 is 29.4 Å². The molecule has 32 heavy (non-hydrogen) atoms. The van der Waals surface area contributed by atoms with Gasteiger partial charge in [0.05, 0.1) is 13.7 Å². The van der Waals surface area contributed by atoms with Gasteiger partial charge in [-0.2, -0.15) is 0 Å². The molecule has 2 atom stereocenters. The van der Waals surface area contributed by atoms with E-state index in [9.17, 15) is 19.2 Å². The number of nitrogens with two attached hydrogens (primary N) is 1. The van der Waals surface area contributed by atoms with Crippen LogP contribution < -0.4 is 15.2 Å². The molecule has 0 aliphatic heterocycles. The topological polar surface area (TPSA) is 140 Å². The minimum atomic E-state index is -1.57. The van der Waals surface area contributed by atoms with E-state index in [0.717, 1.165) is 0 Å². The van der Waals surface area contributed by atoms with Crippen molar-refractivity contribution in [2.75, 3.05) is 13.7 Å². The highest BCUT2D eigenvalue weighted by molar-refractivity contribution is 5.81. The Bertz CT molecular complexity index is 837. The SMILES string of the molecule is COC(=O)C(N)(Cc1ccc(OC(C)=O)c(OC(C)=O)c1)C[C@H](C)OC(=O)OCC(C)C. The van der Waals surface area contributed by atoms with Crippen LogP contribution in [0.3, 0.4) is 0 Å². The average Bonchev–Trinajstić information content (AvgIpc) is 2.66. The second-order valence-electron chi connectivity index (χ2n) is 7.88. The Hall–Kier alpha value is -3.14. The summed E-state index contributed by atoms with van der Waals surface area (Å²) in [5, 5.41) is 0. The maximum Gasteiger partial charge on any atom is 0.508 e. The normalized spacial score (nSPS) is 13.5. The van der Waals surface area contributed by atoms with Gasteiger partial charge in [0.15, 0.2) is 11.5 Å². The highest BCUT2D eigenvalue weighted by Gasteiger charge is 2.38. The van der Waals surface area contributed by atoms with E-state index in [1.54, 1.807) is 13.0 Å². The van der Waals surface area contributed by atoms with Crippen LogP contribution in [0.4, 0.5) is 4.79 Å². The number of esters is 3. The zero-order valence-corrected chi connectivity index (χ0v) is 19.3. The van der Waals surface area contributed by atoms with Crippen LogP contribution in [0.5, 0.6) is 11.5 Å². The summed E-state index contributed by atoms with van der Waals surface area (Å²) in [5.74, 6) is -1.75. The largest absolute Gasteiger partial charge is 0.508 e. The molecule has 178 valence electrons. The van der Waals surface area contributed by atoms with Gasteiger partial charge in [-0.05, 0) is 30.5 Å². The smallest absolute Gasteiger partial charge is 0.468 e. The fourth-order valence-corrected chi connectivity index (χ4v) is 2.92. The third-order valence-corrected chi connectivity index (χ3v) is 4.11. The van der Waals surface area contributed by atoms with Crippen molar-refractivity contribution in [2.24, 2.45) is 11.7 Å². The maximum absolute atomic E-state index is 12.5. The van der Waals surface area contributed by atoms with Gasteiger partial charge in [0.2, 0.25) is 0 Å². The second-order valence-corrected chi connectivity index (χ2v) is 7.88. The highest BCUT2D eigenvalue weighted by atomic mass is 16.7. The summed E-state index contributed by atoms with van der Waals surface area (Å²) in [7, 11) is 1.19. The zero-order chi connectivity index (χ0) is 24.5. The van der Waals surface area contributed by atoms with E-state index in [2.05, 4.69) is 0 Å². The lowest BCUT2D eigenvalue weighted by Gasteiger charge is -2.29. The Morgan fingerprint density at radius 3 is 2.12 bits per heavy atom. The molecule has 1 unspecified atom stereocenters. The molecule has 1 rings (SSSR count). The molecule has 10 nitrogen and oxygen atoms in total. The van der Waals surface area contributed by atoms with Crippen molar-refractivity contribution in [3.63, 3.8) is 0 Å². The Balaban J connectivity index is 3.07. The summed E-state index contributed by atoms with van der Waals surface area (Å²) in [5.41, 5.74) is 5.29. The molecule has 0 saturated carbocycles. The molecule has 0 aliphatic rings. The van der Waals surface area contributed by atoms with Gasteiger partial charge in [0, 0.05) is 26.7 Å². The summed E-state index contributed by atoms with van der Waals surface area (Å²) in [6, 6.07) is 4.43. The molecule has 0 heterocycles. The van der Waals surface area contributed by atoms with Gasteiger partial charge in [-0.25, -0.2) is 4.79 Å². The summed E-state index contributed by atoms with van der Waals surface area (Å²) in [6.45, 7) is 7.95. The third kappa shape index (κ3) is 8.93. The van der Waals surface area contributed by atoms with E-state index < -0.39 is 35.7 Å². The number of ether oxygens (including phenoxy) is 5. The molecule has 0 radical (unpaired) electrons. The van der Waals surface area contributed by atoms with Gasteiger partial charge in [0.1, 0.15) is 11.6 Å². The molecule has 0 fully saturated rings. The first kappa shape index (κ1) is 26.9. The Kier molecular flexibility index (Phi) is 10.1. The van der Waals surface area contributed by atoms with Crippen LogP contribution in [-0.2, 0) is 35.0 Å². The molecule has 0 spiro atoms. The number of hydrogen-bond donors (Lipinski definition) is 1. The van der Waals surface area contributed by atoms with Crippen LogP contribution in [0.1, 0.15) is 46.6 Å². The summed E-state index contributed by atoms with van der Waals surface area (Å²) in [6.07, 6.45) is -1.72. The molecule has 0 saturated heterocycles. The van der Waals surface area contributed by atoms with E-state index in [1.165, 1.54) is 33.1 Å². The molecule has 2 N–H and O–H groups in total. The fraction of sp³-hybridized carbons (Fsp3) is 0.545. The number of benzene rings is 1. The van der Waals surface area contributed by atoms with Crippen LogP contribution in [0.25, 0.3) is 0 Å². The van der Waals surface area contributed by atoms with E-state index in [0.29, 0.717) is 5.56 Å². The lowest BCUT2D eigenvalue weighted by molar-refractivity contribution is -0.148. The van der Waals surface area contributed by atoms with Gasteiger partial charge in [-0.1, -0.05) is 19.9 Å². The first-order valence-corrected chi connectivity index (χ1v) is 10.1. The van der Waals surface area contributed by atoms with Crippen LogP contribution in [0, 0.1) is 5.92 Å². The van der Waals surface area contributed by atoms with Gasteiger partial charge in [-0.15, -0.1) is 0 Å². The van der Waals surface area contributed by atoms with Crippen molar-refractivity contribution >= 4 is 24.1 Å². The molecular weight excluding hydrogens is 422 g/mol. The predicted molar refractivity (Wildman–Crippen MR) is 113 cm³/mol. The van der Waals surface area contributed by atoms with Crippen LogP contribution >= 0.6 is 0 Å². The molecular formula is C22H31NO9. The molecule has 0 bridgehead atoms. The van der Waals surface area contributed by atoms with Crippen molar-refractivity contribution in [1.29, 1.82) is 0 Å². The molecule has 10 heteroatoms. The molecule has 1 aromatic carbocycles. The van der Waals surface area contributed by atoms with Gasteiger partial charge in [-0.3, -0.25) is 14.4 Å². The monoisotopic (exact) mass is 453 g/mol. The Labute approximate surface area is 187 Å². The van der Waals surface area contributed by atoms with Crippen LogP contribution in [0.2, 0.25) is 0 Å². The van der Waals surface area contributed by atoms with Crippen molar-refractivity contribution in [3.05, 3.63) is 23.8 Å². The zero-order valence-electron chi connectivity index (χ0n) is 19.3. The molecule has 1 aromatic rings. The average molecular weight is 453 g/mol. The Morgan fingerprint density at radius 1 is 1.00 bits per heavy atom.